The number of benzene rings is 1. The fourth-order valence-electron chi connectivity index (χ4n) is 1.72. The molecule has 1 aromatic carbocycles. The van der Waals surface area contributed by atoms with Gasteiger partial charge in [-0.2, -0.15) is 0 Å². The number of phenols is 1. The molecule has 0 saturated heterocycles. The van der Waals surface area contributed by atoms with Crippen molar-refractivity contribution in [1.29, 1.82) is 0 Å². The van der Waals surface area contributed by atoms with E-state index in [-0.39, 0.29) is 28.9 Å². The molecule has 2 N–H and O–H groups in total. The Kier molecular flexibility index (Phi) is 5.02. The van der Waals surface area contributed by atoms with Gasteiger partial charge in [-0.15, -0.1) is 8.80 Å². The topological polar surface area (TPSA) is 121 Å². The third-order valence-electron chi connectivity index (χ3n) is 2.82. The second-order valence-electron chi connectivity index (χ2n) is 4.56. The van der Waals surface area contributed by atoms with E-state index >= 15 is 0 Å². The molecule has 1 unspecified atom stereocenters. The molecule has 23 heavy (non-hydrogen) atoms. The number of phenolic OH excluding ortho intramolecular Hbond substituents is 1. The van der Waals surface area contributed by atoms with E-state index in [1.54, 1.807) is 6.92 Å². The van der Waals surface area contributed by atoms with Gasteiger partial charge < -0.3 is 15.2 Å². The molecule has 0 aliphatic carbocycles. The van der Waals surface area contributed by atoms with Gasteiger partial charge >= 0.3 is 0 Å². The van der Waals surface area contributed by atoms with Crippen LogP contribution in [-0.2, 0) is 25.9 Å². The highest BCUT2D eigenvalue weighted by molar-refractivity contribution is 7.89. The fourth-order valence-corrected chi connectivity index (χ4v) is 3.32. The molecule has 1 aromatic rings. The molecule has 1 atom stereocenters. The summed E-state index contributed by atoms with van der Waals surface area (Å²) in [5, 5.41) is 12.9. The molecular formula is C12H16N4O5S2. The molecule has 1 heterocycles. The Morgan fingerprint density at radius 3 is 2.65 bits per heavy atom. The van der Waals surface area contributed by atoms with Crippen LogP contribution in [0.1, 0.15) is 6.92 Å². The van der Waals surface area contributed by atoms with Gasteiger partial charge in [0.05, 0.1) is 12.3 Å². The maximum Gasteiger partial charge on any atom is 0.271 e. The number of nitrogens with zero attached hydrogens (tertiary/aromatic N) is 3. The molecule has 0 saturated carbocycles. The molecule has 11 heteroatoms. The average Bonchev–Trinajstić information content (AvgIpc) is 2.81. The van der Waals surface area contributed by atoms with E-state index in [1.807, 2.05) is 0 Å². The molecule has 0 aromatic heterocycles. The highest BCUT2D eigenvalue weighted by atomic mass is 32.2. The molecule has 2 rings (SSSR count). The first kappa shape index (κ1) is 17.4. The molecule has 0 radical (unpaired) electrons. The molecule has 0 fully saturated rings. The van der Waals surface area contributed by atoms with E-state index in [0.29, 0.717) is 0 Å². The highest BCUT2D eigenvalue weighted by Gasteiger charge is 2.26. The molecule has 126 valence electrons. The van der Waals surface area contributed by atoms with E-state index in [2.05, 4.69) is 14.1 Å². The zero-order valence-electron chi connectivity index (χ0n) is 12.7. The van der Waals surface area contributed by atoms with Crippen molar-refractivity contribution >= 4 is 38.6 Å². The number of amidine groups is 1. The molecule has 9 nitrogen and oxygen atoms in total. The minimum absolute atomic E-state index is 0.0334. The Labute approximate surface area is 136 Å². The van der Waals surface area contributed by atoms with Crippen molar-refractivity contribution in [2.24, 2.45) is 8.80 Å². The summed E-state index contributed by atoms with van der Waals surface area (Å²) in [7, 11) is -1.10. The van der Waals surface area contributed by atoms with Crippen LogP contribution >= 0.6 is 0 Å². The molecular weight excluding hydrogens is 344 g/mol. The normalized spacial score (nSPS) is 17.8. The number of para-hydroxylation sites is 1. The predicted octanol–water partition coefficient (Wildman–Crippen LogP) is 0.480. The van der Waals surface area contributed by atoms with Crippen molar-refractivity contribution in [3.63, 3.8) is 0 Å². The van der Waals surface area contributed by atoms with Crippen molar-refractivity contribution in [2.75, 3.05) is 26.0 Å². The average molecular weight is 360 g/mol. The summed E-state index contributed by atoms with van der Waals surface area (Å²) in [5.74, 6) is -0.386. The van der Waals surface area contributed by atoms with Gasteiger partial charge in [0, 0.05) is 14.1 Å². The first-order valence-corrected chi connectivity index (χ1v) is 9.01. The van der Waals surface area contributed by atoms with Crippen LogP contribution in [0, 0.1) is 0 Å². The monoisotopic (exact) mass is 360 g/mol. The summed E-state index contributed by atoms with van der Waals surface area (Å²) in [6.45, 7) is 2.01. The molecule has 0 amide bonds. The van der Waals surface area contributed by atoms with Crippen molar-refractivity contribution in [3.8, 4) is 5.75 Å². The van der Waals surface area contributed by atoms with Crippen LogP contribution in [0.15, 0.2) is 31.9 Å². The number of sulfonamides is 1. The molecule has 0 bridgehead atoms. The van der Waals surface area contributed by atoms with Crippen molar-refractivity contribution in [3.05, 3.63) is 18.2 Å². The number of aromatic hydroxyl groups is 1. The van der Waals surface area contributed by atoms with Crippen LogP contribution in [0.5, 0.6) is 5.75 Å². The lowest BCUT2D eigenvalue weighted by Crippen LogP contribution is -2.24. The number of ether oxygens (including phenoxy) is 1. The first-order chi connectivity index (χ1) is 10.8. The summed E-state index contributed by atoms with van der Waals surface area (Å²) in [6.07, 6.45) is 0. The summed E-state index contributed by atoms with van der Waals surface area (Å²) >= 11 is -1.81. The third-order valence-corrected chi connectivity index (χ3v) is 5.33. The number of hydrogen-bond donors (Lipinski definition) is 2. The Bertz CT molecular complexity index is 802. The smallest absolute Gasteiger partial charge is 0.271 e. The zero-order valence-corrected chi connectivity index (χ0v) is 14.3. The lowest BCUT2D eigenvalue weighted by atomic mass is 10.3. The quantitative estimate of drug-likeness (QED) is 0.754. The SMILES string of the molecule is CCOC1=NS(=O)N=C1Nc1cccc(S(=O)(=O)N(C)C)c1O. The summed E-state index contributed by atoms with van der Waals surface area (Å²) < 4.78 is 49.3. The van der Waals surface area contributed by atoms with Gasteiger partial charge in [-0.3, -0.25) is 0 Å². The van der Waals surface area contributed by atoms with Crippen LogP contribution < -0.4 is 5.32 Å². The Morgan fingerprint density at radius 1 is 1.35 bits per heavy atom. The second-order valence-corrected chi connectivity index (χ2v) is 7.51. The lowest BCUT2D eigenvalue weighted by molar-refractivity contribution is 0.335. The summed E-state index contributed by atoms with van der Waals surface area (Å²) in [5.41, 5.74) is 0.0815. The van der Waals surface area contributed by atoms with Gasteiger partial charge in [-0.25, -0.2) is 16.9 Å². The van der Waals surface area contributed by atoms with Gasteiger partial charge in [0.15, 0.2) is 5.75 Å². The van der Waals surface area contributed by atoms with E-state index in [9.17, 15) is 17.7 Å². The highest BCUT2D eigenvalue weighted by Crippen LogP contribution is 2.32. The summed E-state index contributed by atoms with van der Waals surface area (Å²) in [4.78, 5) is -0.262. The lowest BCUT2D eigenvalue weighted by Gasteiger charge is -2.15. The second kappa shape index (κ2) is 6.64. The minimum atomic E-state index is -3.82. The van der Waals surface area contributed by atoms with Gasteiger partial charge in [0.2, 0.25) is 15.9 Å². The summed E-state index contributed by atoms with van der Waals surface area (Å²) in [6, 6.07) is 4.20. The minimum Gasteiger partial charge on any atom is -0.504 e. The third kappa shape index (κ3) is 3.51. The van der Waals surface area contributed by atoms with Gasteiger partial charge in [0.1, 0.15) is 4.90 Å². The van der Waals surface area contributed by atoms with E-state index in [1.165, 1.54) is 32.3 Å². The van der Waals surface area contributed by atoms with Crippen molar-refractivity contribution < 1.29 is 22.5 Å². The van der Waals surface area contributed by atoms with Crippen LogP contribution in [0.25, 0.3) is 0 Å². The number of hydrogen-bond acceptors (Lipinski definition) is 6. The van der Waals surface area contributed by atoms with Crippen LogP contribution in [0.4, 0.5) is 5.69 Å². The fraction of sp³-hybridized carbons (Fsp3) is 0.333. The van der Waals surface area contributed by atoms with Crippen molar-refractivity contribution in [1.82, 2.24) is 4.31 Å². The molecule has 1 aliphatic heterocycles. The number of nitrogens with one attached hydrogen (secondary N) is 1. The Hall–Kier alpha value is -1.98. The Morgan fingerprint density at radius 2 is 2.04 bits per heavy atom. The number of rotatable bonds is 4. The van der Waals surface area contributed by atoms with Crippen LogP contribution in [0.2, 0.25) is 0 Å². The standard InChI is InChI=1S/C12H16N4O5S2/c1-4-21-12-11(14-22(18)15-12)13-8-6-5-7-9(10(8)17)23(19,20)16(2)3/h5-7,17H,4H2,1-3H3,(H,13,14). The van der Waals surface area contributed by atoms with Crippen LogP contribution in [-0.4, -0.2) is 54.5 Å². The largest absolute Gasteiger partial charge is 0.504 e. The Balaban J connectivity index is 2.38. The van der Waals surface area contributed by atoms with Gasteiger partial charge in [0.25, 0.3) is 17.1 Å². The van der Waals surface area contributed by atoms with Gasteiger partial charge in [-0.05, 0) is 19.1 Å². The molecule has 1 aliphatic rings. The number of anilines is 1. The van der Waals surface area contributed by atoms with E-state index in [0.717, 1.165) is 4.31 Å². The maximum absolute atomic E-state index is 12.2. The predicted molar refractivity (Wildman–Crippen MR) is 87.2 cm³/mol. The van der Waals surface area contributed by atoms with E-state index < -0.39 is 26.9 Å². The van der Waals surface area contributed by atoms with Gasteiger partial charge in [-0.1, -0.05) is 6.07 Å². The maximum atomic E-state index is 12.2. The zero-order chi connectivity index (χ0) is 17.2. The first-order valence-electron chi connectivity index (χ1n) is 6.51. The molecule has 0 spiro atoms. The van der Waals surface area contributed by atoms with Crippen LogP contribution in [0.3, 0.4) is 0 Å². The van der Waals surface area contributed by atoms with Crippen molar-refractivity contribution in [2.45, 2.75) is 11.8 Å². The van der Waals surface area contributed by atoms with E-state index in [4.69, 9.17) is 4.74 Å².